The van der Waals surface area contributed by atoms with Crippen molar-refractivity contribution in [2.24, 2.45) is 5.92 Å². The van der Waals surface area contributed by atoms with E-state index in [1.165, 1.54) is 5.56 Å². The number of nitriles is 1. The van der Waals surface area contributed by atoms with E-state index < -0.39 is 0 Å². The van der Waals surface area contributed by atoms with E-state index in [9.17, 15) is 4.79 Å². The molecule has 1 fully saturated rings. The first-order chi connectivity index (χ1) is 10.7. The largest absolute Gasteiger partial charge is 0.342 e. The lowest BCUT2D eigenvalue weighted by Gasteiger charge is -2.38. The predicted molar refractivity (Wildman–Crippen MR) is 87.1 cm³/mol. The van der Waals surface area contributed by atoms with Gasteiger partial charge < -0.3 is 10.2 Å². The number of carbonyl (C=O) groups is 1. The Labute approximate surface area is 133 Å². The number of nitrogens with zero attached hydrogens (tertiary/aromatic N) is 2. The smallest absolute Gasteiger partial charge is 0.222 e. The van der Waals surface area contributed by atoms with Crippen LogP contribution in [0.3, 0.4) is 0 Å². The third-order valence-electron chi connectivity index (χ3n) is 4.56. The molecule has 2 rings (SSSR count). The molecule has 0 unspecified atom stereocenters. The van der Waals surface area contributed by atoms with Gasteiger partial charge in [-0.2, -0.15) is 5.26 Å². The fraction of sp³-hybridized carbons (Fsp3) is 0.556. The summed E-state index contributed by atoms with van der Waals surface area (Å²) in [4.78, 5) is 13.9. The number of rotatable bonds is 5. The fourth-order valence-corrected chi connectivity index (χ4v) is 3.11. The van der Waals surface area contributed by atoms with Gasteiger partial charge in [0.1, 0.15) is 0 Å². The molecule has 0 aliphatic carbocycles. The zero-order valence-electron chi connectivity index (χ0n) is 13.5. The minimum Gasteiger partial charge on any atom is -0.342 e. The molecule has 0 spiro atoms. The SMILES string of the molecule is CCC(=O)N1CC[C@H](NCc2ccc(C#N)cc2)[C@@H](CC)C1. The van der Waals surface area contributed by atoms with Crippen LogP contribution < -0.4 is 5.32 Å². The first kappa shape index (κ1) is 16.5. The van der Waals surface area contributed by atoms with Gasteiger partial charge in [0, 0.05) is 32.1 Å². The maximum absolute atomic E-state index is 11.9. The molecule has 1 N–H and O–H groups in total. The highest BCUT2D eigenvalue weighted by Gasteiger charge is 2.29. The monoisotopic (exact) mass is 299 g/mol. The van der Waals surface area contributed by atoms with Crippen molar-refractivity contribution in [3.8, 4) is 6.07 Å². The fourth-order valence-electron chi connectivity index (χ4n) is 3.11. The second kappa shape index (κ2) is 7.95. The van der Waals surface area contributed by atoms with Crippen molar-refractivity contribution in [2.45, 2.75) is 45.7 Å². The number of hydrogen-bond acceptors (Lipinski definition) is 3. The summed E-state index contributed by atoms with van der Waals surface area (Å²) in [5.74, 6) is 0.784. The minimum absolute atomic E-state index is 0.268. The van der Waals surface area contributed by atoms with Gasteiger partial charge in [-0.05, 0) is 30.0 Å². The van der Waals surface area contributed by atoms with Crippen molar-refractivity contribution in [3.63, 3.8) is 0 Å². The average Bonchev–Trinajstić information content (AvgIpc) is 2.59. The molecule has 1 heterocycles. The molecule has 2 atom stereocenters. The van der Waals surface area contributed by atoms with E-state index in [0.29, 0.717) is 23.9 Å². The van der Waals surface area contributed by atoms with Crippen molar-refractivity contribution < 1.29 is 4.79 Å². The Balaban J connectivity index is 1.89. The van der Waals surface area contributed by atoms with Crippen molar-refractivity contribution in [3.05, 3.63) is 35.4 Å². The topological polar surface area (TPSA) is 56.1 Å². The summed E-state index contributed by atoms with van der Waals surface area (Å²) in [7, 11) is 0. The molecule has 0 saturated carbocycles. The van der Waals surface area contributed by atoms with Crippen molar-refractivity contribution in [2.75, 3.05) is 13.1 Å². The number of nitrogens with one attached hydrogen (secondary N) is 1. The van der Waals surface area contributed by atoms with Gasteiger partial charge in [-0.3, -0.25) is 4.79 Å². The van der Waals surface area contributed by atoms with Crippen LogP contribution in [-0.4, -0.2) is 29.9 Å². The van der Waals surface area contributed by atoms with Crippen LogP contribution in [0.2, 0.25) is 0 Å². The van der Waals surface area contributed by atoms with Gasteiger partial charge in [0.2, 0.25) is 5.91 Å². The summed E-state index contributed by atoms with van der Waals surface area (Å²) in [5, 5.41) is 12.5. The Morgan fingerprint density at radius 2 is 2.09 bits per heavy atom. The van der Waals surface area contributed by atoms with E-state index in [0.717, 1.165) is 32.5 Å². The molecule has 118 valence electrons. The molecule has 0 aromatic heterocycles. The number of hydrogen-bond donors (Lipinski definition) is 1. The van der Waals surface area contributed by atoms with Crippen molar-refractivity contribution in [1.82, 2.24) is 10.2 Å². The zero-order valence-corrected chi connectivity index (χ0v) is 13.5. The standard InChI is InChI=1S/C18H25N3O/c1-3-16-13-21(18(22)4-2)10-9-17(16)20-12-15-7-5-14(11-19)6-8-15/h5-8,16-17,20H,3-4,9-10,12-13H2,1-2H3/t16-,17-/m0/s1. The number of piperidine rings is 1. The summed E-state index contributed by atoms with van der Waals surface area (Å²) >= 11 is 0. The molecule has 1 aliphatic heterocycles. The lowest BCUT2D eigenvalue weighted by molar-refractivity contribution is -0.133. The maximum atomic E-state index is 11.9. The first-order valence-corrected chi connectivity index (χ1v) is 8.18. The van der Waals surface area contributed by atoms with Crippen LogP contribution >= 0.6 is 0 Å². The van der Waals surface area contributed by atoms with Crippen molar-refractivity contribution >= 4 is 5.91 Å². The van der Waals surface area contributed by atoms with Crippen LogP contribution in [0.4, 0.5) is 0 Å². The lowest BCUT2D eigenvalue weighted by Crippen LogP contribution is -2.50. The molecule has 1 aromatic rings. The van der Waals surface area contributed by atoms with Gasteiger partial charge in [0.15, 0.2) is 0 Å². The quantitative estimate of drug-likeness (QED) is 0.909. The molecule has 4 heteroatoms. The third-order valence-corrected chi connectivity index (χ3v) is 4.56. The molecular formula is C18H25N3O. The first-order valence-electron chi connectivity index (χ1n) is 8.18. The van der Waals surface area contributed by atoms with Crippen LogP contribution in [0.15, 0.2) is 24.3 Å². The Morgan fingerprint density at radius 1 is 1.36 bits per heavy atom. The van der Waals surface area contributed by atoms with Gasteiger partial charge in [-0.25, -0.2) is 0 Å². The normalized spacial score (nSPS) is 21.4. The Morgan fingerprint density at radius 3 is 2.68 bits per heavy atom. The zero-order chi connectivity index (χ0) is 15.9. The molecule has 1 aromatic carbocycles. The van der Waals surface area contributed by atoms with Gasteiger partial charge in [0.25, 0.3) is 0 Å². The van der Waals surface area contributed by atoms with Gasteiger partial charge in [-0.1, -0.05) is 32.4 Å². The molecule has 4 nitrogen and oxygen atoms in total. The number of carbonyl (C=O) groups excluding carboxylic acids is 1. The number of likely N-dealkylation sites (tertiary alicyclic amines) is 1. The van der Waals surface area contributed by atoms with Crippen LogP contribution in [0.1, 0.15) is 44.2 Å². The molecule has 1 saturated heterocycles. The third kappa shape index (κ3) is 4.08. The molecule has 22 heavy (non-hydrogen) atoms. The Hall–Kier alpha value is -1.86. The highest BCUT2D eigenvalue weighted by molar-refractivity contribution is 5.75. The highest BCUT2D eigenvalue weighted by atomic mass is 16.2. The van der Waals surface area contributed by atoms with E-state index in [-0.39, 0.29) is 5.91 Å². The molecule has 0 bridgehead atoms. The van der Waals surface area contributed by atoms with Gasteiger partial charge in [0.05, 0.1) is 11.6 Å². The predicted octanol–water partition coefficient (Wildman–Crippen LogP) is 2.68. The number of amides is 1. The highest BCUT2D eigenvalue weighted by Crippen LogP contribution is 2.21. The van der Waals surface area contributed by atoms with E-state index in [1.807, 2.05) is 36.1 Å². The molecular weight excluding hydrogens is 274 g/mol. The molecule has 1 aliphatic rings. The average molecular weight is 299 g/mol. The van der Waals surface area contributed by atoms with Crippen LogP contribution in [-0.2, 0) is 11.3 Å². The summed E-state index contributed by atoms with van der Waals surface area (Å²) in [6, 6.07) is 10.3. The van der Waals surface area contributed by atoms with Crippen molar-refractivity contribution in [1.29, 1.82) is 5.26 Å². The van der Waals surface area contributed by atoms with Crippen LogP contribution in [0, 0.1) is 17.2 Å². The van der Waals surface area contributed by atoms with E-state index in [4.69, 9.17) is 5.26 Å². The van der Waals surface area contributed by atoms with E-state index in [1.54, 1.807) is 0 Å². The van der Waals surface area contributed by atoms with Gasteiger partial charge >= 0.3 is 0 Å². The van der Waals surface area contributed by atoms with Crippen LogP contribution in [0.5, 0.6) is 0 Å². The van der Waals surface area contributed by atoms with Crippen LogP contribution in [0.25, 0.3) is 0 Å². The summed E-state index contributed by atoms with van der Waals surface area (Å²) < 4.78 is 0. The Kier molecular flexibility index (Phi) is 5.97. The minimum atomic E-state index is 0.268. The number of benzene rings is 1. The molecule has 0 radical (unpaired) electrons. The summed E-state index contributed by atoms with van der Waals surface area (Å²) in [6.07, 6.45) is 2.69. The second-order valence-corrected chi connectivity index (χ2v) is 5.95. The van der Waals surface area contributed by atoms with E-state index in [2.05, 4.69) is 18.3 Å². The maximum Gasteiger partial charge on any atom is 0.222 e. The lowest BCUT2D eigenvalue weighted by atomic mass is 9.89. The summed E-state index contributed by atoms with van der Waals surface area (Å²) in [5.41, 5.74) is 1.89. The second-order valence-electron chi connectivity index (χ2n) is 5.95. The Bertz CT molecular complexity index is 532. The van der Waals surface area contributed by atoms with E-state index >= 15 is 0 Å². The molecule has 1 amide bonds. The summed E-state index contributed by atoms with van der Waals surface area (Å²) in [6.45, 7) is 6.66. The van der Waals surface area contributed by atoms with Gasteiger partial charge in [-0.15, -0.1) is 0 Å².